The second kappa shape index (κ2) is 7.53. The molecule has 2 atom stereocenters. The molecule has 0 aromatic rings. The van der Waals surface area contributed by atoms with Gasteiger partial charge in [-0.2, -0.15) is 0 Å². The summed E-state index contributed by atoms with van der Waals surface area (Å²) in [6.07, 6.45) is 1.77. The van der Waals surface area contributed by atoms with E-state index in [9.17, 15) is 0 Å². The maximum atomic E-state index is 8.98. The van der Waals surface area contributed by atoms with Crippen molar-refractivity contribution < 1.29 is 5.11 Å². The summed E-state index contributed by atoms with van der Waals surface area (Å²) < 4.78 is 0. The molecule has 0 aromatic heterocycles. The summed E-state index contributed by atoms with van der Waals surface area (Å²) in [6, 6.07) is 0.518. The van der Waals surface area contributed by atoms with Crippen LogP contribution in [0.3, 0.4) is 0 Å². The average Bonchev–Trinajstić information content (AvgIpc) is 1.98. The number of hydrogen-bond donors (Lipinski definition) is 3. The summed E-state index contributed by atoms with van der Waals surface area (Å²) in [6.45, 7) is 5.97. The van der Waals surface area contributed by atoms with Crippen LogP contribution in [0, 0.1) is 0 Å². The molecule has 0 amide bonds. The van der Waals surface area contributed by atoms with Gasteiger partial charge in [0.2, 0.25) is 0 Å². The molecule has 3 heteroatoms. The Morgan fingerprint density at radius 1 is 1.33 bits per heavy atom. The van der Waals surface area contributed by atoms with Crippen molar-refractivity contribution in [1.29, 1.82) is 0 Å². The van der Waals surface area contributed by atoms with Gasteiger partial charge in [0, 0.05) is 12.6 Å². The summed E-state index contributed by atoms with van der Waals surface area (Å²) in [5, 5.41) is 15.5. The third-order valence-corrected chi connectivity index (χ3v) is 1.80. The molecule has 0 rings (SSSR count). The smallest absolute Gasteiger partial charge is 0.0512 e. The van der Waals surface area contributed by atoms with Crippen LogP contribution in [0.5, 0.6) is 0 Å². The van der Waals surface area contributed by atoms with Crippen LogP contribution in [0.4, 0.5) is 0 Å². The van der Waals surface area contributed by atoms with E-state index in [1.54, 1.807) is 0 Å². The van der Waals surface area contributed by atoms with Crippen LogP contribution in [0.25, 0.3) is 0 Å². The van der Waals surface area contributed by atoms with Gasteiger partial charge in [-0.05, 0) is 40.3 Å². The van der Waals surface area contributed by atoms with Crippen LogP contribution >= 0.6 is 0 Å². The van der Waals surface area contributed by atoms with Crippen LogP contribution in [-0.4, -0.2) is 37.4 Å². The fourth-order valence-corrected chi connectivity index (χ4v) is 1.12. The summed E-state index contributed by atoms with van der Waals surface area (Å²) >= 11 is 0. The van der Waals surface area contributed by atoms with E-state index in [1.165, 1.54) is 0 Å². The highest BCUT2D eigenvalue weighted by atomic mass is 16.3. The second-order valence-corrected chi connectivity index (χ2v) is 3.40. The number of hydrogen-bond acceptors (Lipinski definition) is 3. The van der Waals surface area contributed by atoms with Crippen molar-refractivity contribution >= 4 is 0 Å². The molecule has 0 aliphatic rings. The Kier molecular flexibility index (Phi) is 7.45. The molecule has 0 saturated heterocycles. The minimum absolute atomic E-state index is 0.161. The van der Waals surface area contributed by atoms with E-state index in [1.807, 2.05) is 14.0 Å². The third kappa shape index (κ3) is 7.98. The molecule has 0 bridgehead atoms. The maximum absolute atomic E-state index is 8.98. The fraction of sp³-hybridized carbons (Fsp3) is 1.00. The van der Waals surface area contributed by atoms with Gasteiger partial charge in [-0.15, -0.1) is 0 Å². The van der Waals surface area contributed by atoms with Crippen LogP contribution in [0.1, 0.15) is 26.7 Å². The van der Waals surface area contributed by atoms with Gasteiger partial charge in [0.05, 0.1) is 6.10 Å². The molecule has 3 N–H and O–H groups in total. The van der Waals surface area contributed by atoms with E-state index >= 15 is 0 Å². The lowest BCUT2D eigenvalue weighted by molar-refractivity contribution is 0.181. The zero-order valence-corrected chi connectivity index (χ0v) is 8.43. The molecule has 0 spiro atoms. The first kappa shape index (κ1) is 11.9. The molecule has 0 saturated carbocycles. The van der Waals surface area contributed by atoms with E-state index in [2.05, 4.69) is 17.6 Å². The van der Waals surface area contributed by atoms with Gasteiger partial charge in [0.25, 0.3) is 0 Å². The first-order chi connectivity index (χ1) is 5.66. The van der Waals surface area contributed by atoms with Crippen molar-refractivity contribution in [1.82, 2.24) is 10.6 Å². The molecule has 0 aliphatic heterocycles. The lowest BCUT2D eigenvalue weighted by Gasteiger charge is -2.13. The van der Waals surface area contributed by atoms with Gasteiger partial charge in [-0.3, -0.25) is 0 Å². The lowest BCUT2D eigenvalue weighted by Crippen LogP contribution is -2.35. The molecular formula is C9H22N2O. The van der Waals surface area contributed by atoms with Crippen LogP contribution < -0.4 is 10.6 Å². The highest BCUT2D eigenvalue weighted by Crippen LogP contribution is 1.93. The minimum Gasteiger partial charge on any atom is -0.393 e. The monoisotopic (exact) mass is 174 g/mol. The predicted molar refractivity (Wildman–Crippen MR) is 52.3 cm³/mol. The van der Waals surface area contributed by atoms with Crippen molar-refractivity contribution in [2.24, 2.45) is 0 Å². The number of nitrogens with one attached hydrogen (secondary N) is 2. The van der Waals surface area contributed by atoms with Gasteiger partial charge in [0.1, 0.15) is 0 Å². The summed E-state index contributed by atoms with van der Waals surface area (Å²) in [5.41, 5.74) is 0. The Morgan fingerprint density at radius 3 is 2.50 bits per heavy atom. The second-order valence-electron chi connectivity index (χ2n) is 3.40. The molecule has 0 radical (unpaired) electrons. The van der Waals surface area contributed by atoms with Crippen molar-refractivity contribution in [2.75, 3.05) is 20.1 Å². The summed E-state index contributed by atoms with van der Waals surface area (Å²) in [4.78, 5) is 0. The summed E-state index contributed by atoms with van der Waals surface area (Å²) in [5.74, 6) is 0. The highest BCUT2D eigenvalue weighted by Gasteiger charge is 1.99. The standard InChI is InChI=1S/C9H22N2O/c1-8(7-10-3)11-6-4-5-9(2)12/h8-12H,4-7H2,1-3H3. The normalized spacial score (nSPS) is 16.0. The molecule has 2 unspecified atom stereocenters. The fourth-order valence-electron chi connectivity index (χ4n) is 1.12. The quantitative estimate of drug-likeness (QED) is 0.488. The Labute approximate surface area is 75.6 Å². The van der Waals surface area contributed by atoms with Crippen molar-refractivity contribution in [2.45, 2.75) is 38.8 Å². The van der Waals surface area contributed by atoms with Gasteiger partial charge < -0.3 is 15.7 Å². The number of aliphatic hydroxyl groups excluding tert-OH is 1. The highest BCUT2D eigenvalue weighted by molar-refractivity contribution is 4.62. The Bertz CT molecular complexity index is 96.5. The SMILES string of the molecule is CNCC(C)NCCCC(C)O. The molecule has 0 aliphatic carbocycles. The van der Waals surface area contributed by atoms with E-state index in [4.69, 9.17) is 5.11 Å². The van der Waals surface area contributed by atoms with Crippen LogP contribution in [0.15, 0.2) is 0 Å². The third-order valence-electron chi connectivity index (χ3n) is 1.80. The van der Waals surface area contributed by atoms with Gasteiger partial charge in [-0.1, -0.05) is 0 Å². The Balaban J connectivity index is 3.08. The van der Waals surface area contributed by atoms with Crippen molar-refractivity contribution in [3.63, 3.8) is 0 Å². The number of likely N-dealkylation sites (N-methyl/N-ethyl adjacent to an activating group) is 1. The van der Waals surface area contributed by atoms with Gasteiger partial charge >= 0.3 is 0 Å². The van der Waals surface area contributed by atoms with E-state index in [0.29, 0.717) is 6.04 Å². The Morgan fingerprint density at radius 2 is 2.00 bits per heavy atom. The van der Waals surface area contributed by atoms with E-state index in [-0.39, 0.29) is 6.10 Å². The van der Waals surface area contributed by atoms with Crippen molar-refractivity contribution in [3.8, 4) is 0 Å². The largest absolute Gasteiger partial charge is 0.393 e. The first-order valence-corrected chi connectivity index (χ1v) is 4.73. The maximum Gasteiger partial charge on any atom is 0.0512 e. The lowest BCUT2D eigenvalue weighted by atomic mass is 10.2. The van der Waals surface area contributed by atoms with Crippen LogP contribution in [0.2, 0.25) is 0 Å². The molecular weight excluding hydrogens is 152 g/mol. The molecule has 12 heavy (non-hydrogen) atoms. The first-order valence-electron chi connectivity index (χ1n) is 4.73. The molecule has 0 heterocycles. The number of aliphatic hydroxyl groups is 1. The minimum atomic E-state index is -0.161. The van der Waals surface area contributed by atoms with Crippen LogP contribution in [-0.2, 0) is 0 Å². The van der Waals surface area contributed by atoms with Gasteiger partial charge in [0.15, 0.2) is 0 Å². The zero-order valence-electron chi connectivity index (χ0n) is 8.43. The topological polar surface area (TPSA) is 44.3 Å². The Hall–Kier alpha value is -0.120. The molecule has 3 nitrogen and oxygen atoms in total. The van der Waals surface area contributed by atoms with E-state index < -0.39 is 0 Å². The van der Waals surface area contributed by atoms with E-state index in [0.717, 1.165) is 25.9 Å². The zero-order chi connectivity index (χ0) is 9.40. The molecule has 0 aromatic carbocycles. The summed E-state index contributed by atoms with van der Waals surface area (Å²) in [7, 11) is 1.95. The number of rotatable bonds is 7. The molecule has 0 fully saturated rings. The van der Waals surface area contributed by atoms with Crippen molar-refractivity contribution in [3.05, 3.63) is 0 Å². The molecule has 74 valence electrons. The predicted octanol–water partition coefficient (Wildman–Crippen LogP) is 0.345. The van der Waals surface area contributed by atoms with Gasteiger partial charge in [-0.25, -0.2) is 0 Å². The average molecular weight is 174 g/mol.